The van der Waals surface area contributed by atoms with Crippen molar-refractivity contribution in [3.8, 4) is 5.75 Å². The monoisotopic (exact) mass is 233 g/mol. The standard InChI is InChI=1S/C13H15NOS/c1-2-15-11-7-5-10(6-8-11)13(14)12-4-3-9-16-12/h3-9,13H,2,14H2,1H3. The molecule has 0 amide bonds. The molecule has 2 rings (SSSR count). The largest absolute Gasteiger partial charge is 0.494 e. The van der Waals surface area contributed by atoms with Crippen molar-refractivity contribution in [1.82, 2.24) is 0 Å². The van der Waals surface area contributed by atoms with Gasteiger partial charge in [-0.25, -0.2) is 0 Å². The van der Waals surface area contributed by atoms with E-state index in [2.05, 4.69) is 6.07 Å². The topological polar surface area (TPSA) is 35.2 Å². The molecule has 1 atom stereocenters. The maximum atomic E-state index is 6.15. The molecule has 1 heterocycles. The summed E-state index contributed by atoms with van der Waals surface area (Å²) in [6.45, 7) is 2.67. The molecule has 84 valence electrons. The molecule has 0 saturated carbocycles. The van der Waals surface area contributed by atoms with E-state index in [1.54, 1.807) is 11.3 Å². The number of hydrogen-bond acceptors (Lipinski definition) is 3. The summed E-state index contributed by atoms with van der Waals surface area (Å²) < 4.78 is 5.39. The van der Waals surface area contributed by atoms with E-state index in [4.69, 9.17) is 10.5 Å². The minimum atomic E-state index is -0.0318. The summed E-state index contributed by atoms with van der Waals surface area (Å²) in [7, 11) is 0. The van der Waals surface area contributed by atoms with Crippen molar-refractivity contribution >= 4 is 11.3 Å². The fraction of sp³-hybridized carbons (Fsp3) is 0.231. The van der Waals surface area contributed by atoms with Crippen molar-refractivity contribution in [2.75, 3.05) is 6.61 Å². The van der Waals surface area contributed by atoms with Crippen molar-refractivity contribution in [3.05, 3.63) is 52.2 Å². The predicted octanol–water partition coefficient (Wildman–Crippen LogP) is 3.19. The first-order chi connectivity index (χ1) is 7.81. The Bertz CT molecular complexity index is 422. The van der Waals surface area contributed by atoms with Crippen LogP contribution in [0.2, 0.25) is 0 Å². The van der Waals surface area contributed by atoms with Crippen LogP contribution in [0.1, 0.15) is 23.4 Å². The van der Waals surface area contributed by atoms with Crippen molar-refractivity contribution in [3.63, 3.8) is 0 Å². The first kappa shape index (κ1) is 11.2. The van der Waals surface area contributed by atoms with Gasteiger partial charge in [0.15, 0.2) is 0 Å². The third-order valence-corrected chi connectivity index (χ3v) is 3.36. The molecular formula is C13H15NOS. The van der Waals surface area contributed by atoms with Gasteiger partial charge in [0.05, 0.1) is 12.6 Å². The second-order valence-electron chi connectivity index (χ2n) is 3.50. The third kappa shape index (κ3) is 2.43. The van der Waals surface area contributed by atoms with Gasteiger partial charge in [0, 0.05) is 4.88 Å². The maximum absolute atomic E-state index is 6.15. The molecule has 0 saturated heterocycles. The van der Waals surface area contributed by atoms with Crippen LogP contribution in [-0.4, -0.2) is 6.61 Å². The zero-order valence-electron chi connectivity index (χ0n) is 9.22. The Morgan fingerprint density at radius 3 is 2.56 bits per heavy atom. The molecule has 1 unspecified atom stereocenters. The molecular weight excluding hydrogens is 218 g/mol. The van der Waals surface area contributed by atoms with Crippen LogP contribution in [0.15, 0.2) is 41.8 Å². The second kappa shape index (κ2) is 5.14. The molecule has 0 aliphatic heterocycles. The van der Waals surface area contributed by atoms with Crippen LogP contribution in [0.4, 0.5) is 0 Å². The average Bonchev–Trinajstić information content (AvgIpc) is 2.83. The van der Waals surface area contributed by atoms with E-state index >= 15 is 0 Å². The summed E-state index contributed by atoms with van der Waals surface area (Å²) in [6.07, 6.45) is 0. The Labute approximate surface area is 99.7 Å². The van der Waals surface area contributed by atoms with Gasteiger partial charge in [-0.15, -0.1) is 11.3 Å². The summed E-state index contributed by atoms with van der Waals surface area (Å²) in [6, 6.07) is 12.0. The normalized spacial score (nSPS) is 12.4. The van der Waals surface area contributed by atoms with Crippen LogP contribution in [0, 0.1) is 0 Å². The molecule has 2 N–H and O–H groups in total. The van der Waals surface area contributed by atoms with E-state index in [-0.39, 0.29) is 6.04 Å². The molecule has 3 heteroatoms. The van der Waals surface area contributed by atoms with E-state index in [1.807, 2.05) is 42.6 Å². The van der Waals surface area contributed by atoms with Gasteiger partial charge in [0.25, 0.3) is 0 Å². The molecule has 0 radical (unpaired) electrons. The third-order valence-electron chi connectivity index (χ3n) is 2.40. The van der Waals surface area contributed by atoms with Crippen LogP contribution >= 0.6 is 11.3 Å². The highest BCUT2D eigenvalue weighted by Crippen LogP contribution is 2.25. The summed E-state index contributed by atoms with van der Waals surface area (Å²) in [5.41, 5.74) is 7.27. The lowest BCUT2D eigenvalue weighted by Gasteiger charge is -2.10. The molecule has 2 aromatic rings. The van der Waals surface area contributed by atoms with E-state index < -0.39 is 0 Å². The number of rotatable bonds is 4. The quantitative estimate of drug-likeness (QED) is 0.880. The van der Waals surface area contributed by atoms with E-state index in [1.165, 1.54) is 4.88 Å². The molecule has 0 aliphatic carbocycles. The van der Waals surface area contributed by atoms with E-state index in [0.717, 1.165) is 11.3 Å². The van der Waals surface area contributed by atoms with Gasteiger partial charge in [0.1, 0.15) is 5.75 Å². The molecule has 16 heavy (non-hydrogen) atoms. The number of thiophene rings is 1. The summed E-state index contributed by atoms with van der Waals surface area (Å²) in [5.74, 6) is 0.893. The lowest BCUT2D eigenvalue weighted by atomic mass is 10.1. The number of nitrogens with two attached hydrogens (primary N) is 1. The maximum Gasteiger partial charge on any atom is 0.119 e. The van der Waals surface area contributed by atoms with Gasteiger partial charge in [-0.3, -0.25) is 0 Å². The molecule has 0 aliphatic rings. The molecule has 0 bridgehead atoms. The molecule has 0 spiro atoms. The first-order valence-corrected chi connectivity index (χ1v) is 6.21. The Morgan fingerprint density at radius 1 is 1.25 bits per heavy atom. The zero-order chi connectivity index (χ0) is 11.4. The molecule has 2 nitrogen and oxygen atoms in total. The highest BCUT2D eigenvalue weighted by Gasteiger charge is 2.09. The van der Waals surface area contributed by atoms with Gasteiger partial charge in [0.2, 0.25) is 0 Å². The van der Waals surface area contributed by atoms with E-state index in [9.17, 15) is 0 Å². The number of hydrogen-bond donors (Lipinski definition) is 1. The average molecular weight is 233 g/mol. The summed E-state index contributed by atoms with van der Waals surface area (Å²) in [5, 5.41) is 2.05. The molecule has 1 aromatic heterocycles. The van der Waals surface area contributed by atoms with Crippen molar-refractivity contribution in [2.24, 2.45) is 5.73 Å². The van der Waals surface area contributed by atoms with Gasteiger partial charge < -0.3 is 10.5 Å². The Kier molecular flexibility index (Phi) is 3.59. The number of benzene rings is 1. The van der Waals surface area contributed by atoms with E-state index in [0.29, 0.717) is 6.61 Å². The fourth-order valence-electron chi connectivity index (χ4n) is 1.57. The summed E-state index contributed by atoms with van der Waals surface area (Å²) >= 11 is 1.68. The van der Waals surface area contributed by atoms with Crippen LogP contribution in [0.25, 0.3) is 0 Å². The highest BCUT2D eigenvalue weighted by molar-refractivity contribution is 7.10. The lowest BCUT2D eigenvalue weighted by Crippen LogP contribution is -2.09. The van der Waals surface area contributed by atoms with Gasteiger partial charge in [-0.05, 0) is 36.1 Å². The number of ether oxygens (including phenoxy) is 1. The van der Waals surface area contributed by atoms with Gasteiger partial charge in [-0.2, -0.15) is 0 Å². The fourth-order valence-corrected chi connectivity index (χ4v) is 2.32. The van der Waals surface area contributed by atoms with Crippen LogP contribution < -0.4 is 10.5 Å². The minimum absolute atomic E-state index is 0.0318. The van der Waals surface area contributed by atoms with Crippen molar-refractivity contribution in [1.29, 1.82) is 0 Å². The van der Waals surface area contributed by atoms with Gasteiger partial charge in [-0.1, -0.05) is 18.2 Å². The second-order valence-corrected chi connectivity index (χ2v) is 4.47. The minimum Gasteiger partial charge on any atom is -0.494 e. The highest BCUT2D eigenvalue weighted by atomic mass is 32.1. The predicted molar refractivity (Wildman–Crippen MR) is 68.0 cm³/mol. The smallest absolute Gasteiger partial charge is 0.119 e. The van der Waals surface area contributed by atoms with Crippen LogP contribution in [0.5, 0.6) is 5.75 Å². The van der Waals surface area contributed by atoms with Crippen molar-refractivity contribution in [2.45, 2.75) is 13.0 Å². The summed E-state index contributed by atoms with van der Waals surface area (Å²) in [4.78, 5) is 1.18. The molecule has 1 aromatic carbocycles. The lowest BCUT2D eigenvalue weighted by molar-refractivity contribution is 0.340. The Morgan fingerprint density at radius 2 is 2.00 bits per heavy atom. The molecule has 0 fully saturated rings. The first-order valence-electron chi connectivity index (χ1n) is 5.33. The Hall–Kier alpha value is -1.32. The van der Waals surface area contributed by atoms with Gasteiger partial charge >= 0.3 is 0 Å². The zero-order valence-corrected chi connectivity index (χ0v) is 10.0. The SMILES string of the molecule is CCOc1ccc(C(N)c2cccs2)cc1. The van der Waals surface area contributed by atoms with Crippen LogP contribution in [-0.2, 0) is 0 Å². The van der Waals surface area contributed by atoms with Crippen molar-refractivity contribution < 1.29 is 4.74 Å². The van der Waals surface area contributed by atoms with Crippen LogP contribution in [0.3, 0.4) is 0 Å². The Balaban J connectivity index is 2.15.